The summed E-state index contributed by atoms with van der Waals surface area (Å²) in [6.07, 6.45) is 4.44. The third-order valence-corrected chi connectivity index (χ3v) is 2.77. The fraction of sp³-hybridized carbons (Fsp3) is 0.143. The van der Waals surface area contributed by atoms with Crippen LogP contribution in [0.15, 0.2) is 48.8 Å². The van der Waals surface area contributed by atoms with Crippen LogP contribution in [0.5, 0.6) is 0 Å². The lowest BCUT2D eigenvalue weighted by Gasteiger charge is -2.13. The van der Waals surface area contributed by atoms with E-state index in [0.29, 0.717) is 5.11 Å². The fourth-order valence-corrected chi connectivity index (χ4v) is 1.90. The molecule has 0 aliphatic carbocycles. The van der Waals surface area contributed by atoms with Gasteiger partial charge in [-0.05, 0) is 42.4 Å². The lowest BCUT2D eigenvalue weighted by atomic mass is 10.1. The molecule has 1 aromatic carbocycles. The van der Waals surface area contributed by atoms with Gasteiger partial charge in [-0.2, -0.15) is 0 Å². The van der Waals surface area contributed by atoms with Crippen LogP contribution in [0.25, 0.3) is 0 Å². The van der Waals surface area contributed by atoms with Gasteiger partial charge in [-0.25, -0.2) is 0 Å². The summed E-state index contributed by atoms with van der Waals surface area (Å²) in [5.41, 5.74) is 3.17. The van der Waals surface area contributed by atoms with Crippen molar-refractivity contribution in [3.63, 3.8) is 0 Å². The standard InChI is InChI=1S/C14H15N3S/c1-2-11-6-3-4-8-13(11)17-14(18)16-12-7-5-9-15-10-12/h3-10H,2H2,1H3,(H2,16,17,18). The Balaban J connectivity index is 2.03. The Morgan fingerprint density at radius 1 is 1.17 bits per heavy atom. The second-order valence-electron chi connectivity index (χ2n) is 3.83. The number of thiocarbonyl (C=S) groups is 1. The van der Waals surface area contributed by atoms with Crippen LogP contribution in [0.2, 0.25) is 0 Å². The lowest BCUT2D eigenvalue weighted by Crippen LogP contribution is -2.19. The molecule has 0 saturated carbocycles. The van der Waals surface area contributed by atoms with Crippen LogP contribution in [0.3, 0.4) is 0 Å². The SMILES string of the molecule is CCc1ccccc1NC(=S)Nc1cccnc1. The van der Waals surface area contributed by atoms with Gasteiger partial charge in [0.05, 0.1) is 11.9 Å². The van der Waals surface area contributed by atoms with E-state index >= 15 is 0 Å². The number of aryl methyl sites for hydroxylation is 1. The molecule has 92 valence electrons. The smallest absolute Gasteiger partial charge is 0.175 e. The molecule has 0 unspecified atom stereocenters. The van der Waals surface area contributed by atoms with Crippen LogP contribution in [-0.4, -0.2) is 10.1 Å². The van der Waals surface area contributed by atoms with Gasteiger partial charge >= 0.3 is 0 Å². The van der Waals surface area contributed by atoms with Crippen molar-refractivity contribution in [1.29, 1.82) is 0 Å². The van der Waals surface area contributed by atoms with Gasteiger partial charge in [0.2, 0.25) is 0 Å². The van der Waals surface area contributed by atoms with E-state index in [0.717, 1.165) is 17.8 Å². The first-order valence-corrected chi connectivity index (χ1v) is 6.26. The number of rotatable bonds is 3. The zero-order chi connectivity index (χ0) is 12.8. The minimum Gasteiger partial charge on any atom is -0.332 e. The van der Waals surface area contributed by atoms with E-state index in [1.165, 1.54) is 5.56 Å². The molecule has 0 radical (unpaired) electrons. The summed E-state index contributed by atoms with van der Waals surface area (Å²) in [6, 6.07) is 11.9. The van der Waals surface area contributed by atoms with Gasteiger partial charge in [0.1, 0.15) is 0 Å². The summed E-state index contributed by atoms with van der Waals surface area (Å²) in [7, 11) is 0. The molecule has 4 heteroatoms. The van der Waals surface area contributed by atoms with E-state index in [-0.39, 0.29) is 0 Å². The van der Waals surface area contributed by atoms with Gasteiger partial charge in [-0.3, -0.25) is 4.98 Å². The Morgan fingerprint density at radius 3 is 2.72 bits per heavy atom. The van der Waals surface area contributed by atoms with Gasteiger partial charge in [0.25, 0.3) is 0 Å². The van der Waals surface area contributed by atoms with Crippen molar-refractivity contribution in [1.82, 2.24) is 4.98 Å². The van der Waals surface area contributed by atoms with Crippen molar-refractivity contribution in [3.05, 3.63) is 54.4 Å². The highest BCUT2D eigenvalue weighted by Gasteiger charge is 2.02. The maximum Gasteiger partial charge on any atom is 0.175 e. The molecule has 0 aliphatic heterocycles. The van der Waals surface area contributed by atoms with E-state index in [4.69, 9.17) is 12.2 Å². The van der Waals surface area contributed by atoms with Crippen LogP contribution in [0.4, 0.5) is 11.4 Å². The van der Waals surface area contributed by atoms with Crippen LogP contribution >= 0.6 is 12.2 Å². The third kappa shape index (κ3) is 3.28. The number of hydrogen-bond donors (Lipinski definition) is 2. The van der Waals surface area contributed by atoms with Crippen molar-refractivity contribution in [2.75, 3.05) is 10.6 Å². The number of pyridine rings is 1. The topological polar surface area (TPSA) is 37.0 Å². The minimum atomic E-state index is 0.573. The molecular formula is C14H15N3S. The zero-order valence-electron chi connectivity index (χ0n) is 10.2. The predicted molar refractivity (Wildman–Crippen MR) is 79.9 cm³/mol. The summed E-state index contributed by atoms with van der Waals surface area (Å²) in [4.78, 5) is 4.03. The van der Waals surface area contributed by atoms with Crippen molar-refractivity contribution in [2.24, 2.45) is 0 Å². The Bertz CT molecular complexity index is 526. The first-order valence-electron chi connectivity index (χ1n) is 5.85. The summed E-state index contributed by atoms with van der Waals surface area (Å²) >= 11 is 5.28. The maximum absolute atomic E-state index is 5.28. The van der Waals surface area contributed by atoms with Gasteiger partial charge in [-0.1, -0.05) is 25.1 Å². The van der Waals surface area contributed by atoms with Crippen molar-refractivity contribution >= 4 is 28.7 Å². The average Bonchev–Trinajstić information content (AvgIpc) is 2.40. The van der Waals surface area contributed by atoms with E-state index in [9.17, 15) is 0 Å². The number of hydrogen-bond acceptors (Lipinski definition) is 2. The molecular weight excluding hydrogens is 242 g/mol. The first-order chi connectivity index (χ1) is 8.79. The Hall–Kier alpha value is -1.94. The minimum absolute atomic E-state index is 0.573. The van der Waals surface area contributed by atoms with E-state index in [1.807, 2.05) is 30.3 Å². The van der Waals surface area contributed by atoms with E-state index < -0.39 is 0 Å². The van der Waals surface area contributed by atoms with Crippen LogP contribution in [0, 0.1) is 0 Å². The first kappa shape index (κ1) is 12.5. The van der Waals surface area contributed by atoms with Crippen LogP contribution in [-0.2, 0) is 6.42 Å². The highest BCUT2D eigenvalue weighted by atomic mass is 32.1. The average molecular weight is 257 g/mol. The number of benzene rings is 1. The molecule has 1 aromatic heterocycles. The summed E-state index contributed by atoms with van der Waals surface area (Å²) < 4.78 is 0. The van der Waals surface area contributed by atoms with E-state index in [1.54, 1.807) is 12.4 Å². The molecule has 0 fully saturated rings. The molecule has 0 atom stereocenters. The van der Waals surface area contributed by atoms with E-state index in [2.05, 4.69) is 28.6 Å². The molecule has 2 N–H and O–H groups in total. The van der Waals surface area contributed by atoms with Crippen molar-refractivity contribution in [3.8, 4) is 0 Å². The summed E-state index contributed by atoms with van der Waals surface area (Å²) in [5.74, 6) is 0. The van der Waals surface area contributed by atoms with Gasteiger partial charge in [0.15, 0.2) is 5.11 Å². The van der Waals surface area contributed by atoms with Gasteiger partial charge in [0, 0.05) is 11.9 Å². The second kappa shape index (κ2) is 6.12. The number of anilines is 2. The van der Waals surface area contributed by atoms with Gasteiger partial charge in [-0.15, -0.1) is 0 Å². The number of para-hydroxylation sites is 1. The summed E-state index contributed by atoms with van der Waals surface area (Å²) in [5, 5.41) is 6.88. The number of nitrogens with one attached hydrogen (secondary N) is 2. The monoisotopic (exact) mass is 257 g/mol. The van der Waals surface area contributed by atoms with Crippen molar-refractivity contribution < 1.29 is 0 Å². The molecule has 0 amide bonds. The third-order valence-electron chi connectivity index (χ3n) is 2.57. The predicted octanol–water partition coefficient (Wildman–Crippen LogP) is 3.45. The highest BCUT2D eigenvalue weighted by Crippen LogP contribution is 2.15. The Morgan fingerprint density at radius 2 is 2.00 bits per heavy atom. The molecule has 0 saturated heterocycles. The second-order valence-corrected chi connectivity index (χ2v) is 4.24. The molecule has 3 nitrogen and oxygen atoms in total. The molecule has 0 spiro atoms. The number of nitrogens with zero attached hydrogens (tertiary/aromatic N) is 1. The molecule has 0 aliphatic rings. The fourth-order valence-electron chi connectivity index (χ4n) is 1.67. The molecule has 18 heavy (non-hydrogen) atoms. The quantitative estimate of drug-likeness (QED) is 0.826. The molecule has 0 bridgehead atoms. The summed E-state index contributed by atoms with van der Waals surface area (Å²) in [6.45, 7) is 2.12. The highest BCUT2D eigenvalue weighted by molar-refractivity contribution is 7.80. The van der Waals surface area contributed by atoms with Gasteiger partial charge < -0.3 is 10.6 Å². The number of aromatic nitrogens is 1. The largest absolute Gasteiger partial charge is 0.332 e. The van der Waals surface area contributed by atoms with Crippen molar-refractivity contribution in [2.45, 2.75) is 13.3 Å². The molecule has 1 heterocycles. The Kier molecular flexibility index (Phi) is 4.25. The van der Waals surface area contributed by atoms with Crippen LogP contribution < -0.4 is 10.6 Å². The normalized spacial score (nSPS) is 9.83. The molecule has 2 aromatic rings. The Labute approximate surface area is 112 Å². The lowest BCUT2D eigenvalue weighted by molar-refractivity contribution is 1.14. The van der Waals surface area contributed by atoms with Crippen LogP contribution in [0.1, 0.15) is 12.5 Å². The maximum atomic E-state index is 5.28. The zero-order valence-corrected chi connectivity index (χ0v) is 11.0. The molecule has 2 rings (SSSR count).